The molecule has 0 radical (unpaired) electrons. The molecule has 0 saturated carbocycles. The fourth-order valence-corrected chi connectivity index (χ4v) is 1.85. The molecule has 2 N–H and O–H groups in total. The minimum absolute atomic E-state index is 0.0498. The van der Waals surface area contributed by atoms with Gasteiger partial charge in [0.25, 0.3) is 5.91 Å². The molecule has 1 amide bonds. The third-order valence-electron chi connectivity index (χ3n) is 2.48. The molecule has 20 heavy (non-hydrogen) atoms. The van der Waals surface area contributed by atoms with Crippen molar-refractivity contribution in [1.29, 1.82) is 0 Å². The summed E-state index contributed by atoms with van der Waals surface area (Å²) in [6.45, 7) is 0. The van der Waals surface area contributed by atoms with Gasteiger partial charge < -0.3 is 5.11 Å². The number of hydrogen-bond acceptors (Lipinski definition) is 3. The number of rotatable bonds is 3. The molecule has 0 aromatic heterocycles. The lowest BCUT2D eigenvalue weighted by molar-refractivity contribution is 0.0952. The molecule has 0 aliphatic heterocycles. The van der Waals surface area contributed by atoms with Gasteiger partial charge in [-0.25, -0.2) is 5.43 Å². The third kappa shape index (κ3) is 3.50. The van der Waals surface area contributed by atoms with Crippen molar-refractivity contribution in [3.63, 3.8) is 0 Å². The molecule has 0 bridgehead atoms. The maximum atomic E-state index is 11.8. The van der Waals surface area contributed by atoms with Gasteiger partial charge >= 0.3 is 0 Å². The summed E-state index contributed by atoms with van der Waals surface area (Å²) >= 11 is 11.7. The summed E-state index contributed by atoms with van der Waals surface area (Å²) in [5.41, 5.74) is 3.02. The molecular weight excluding hydrogens is 299 g/mol. The summed E-state index contributed by atoms with van der Waals surface area (Å²) in [5, 5.41) is 14.2. The van der Waals surface area contributed by atoms with Crippen LogP contribution in [0.25, 0.3) is 0 Å². The zero-order valence-corrected chi connectivity index (χ0v) is 11.7. The highest BCUT2D eigenvalue weighted by atomic mass is 35.5. The van der Waals surface area contributed by atoms with Gasteiger partial charge in [0.15, 0.2) is 0 Å². The van der Waals surface area contributed by atoms with Crippen LogP contribution in [0.3, 0.4) is 0 Å². The molecule has 0 heterocycles. The molecule has 0 spiro atoms. The molecule has 0 aliphatic rings. The van der Waals surface area contributed by atoms with E-state index in [1.54, 1.807) is 24.3 Å². The molecule has 0 unspecified atom stereocenters. The van der Waals surface area contributed by atoms with Gasteiger partial charge in [0.05, 0.1) is 11.8 Å². The van der Waals surface area contributed by atoms with E-state index in [2.05, 4.69) is 10.5 Å². The lowest BCUT2D eigenvalue weighted by Gasteiger charge is -2.03. The van der Waals surface area contributed by atoms with Gasteiger partial charge in [-0.1, -0.05) is 41.4 Å². The van der Waals surface area contributed by atoms with E-state index in [0.717, 1.165) is 0 Å². The van der Waals surface area contributed by atoms with E-state index < -0.39 is 5.91 Å². The van der Waals surface area contributed by atoms with E-state index in [1.807, 2.05) is 0 Å². The van der Waals surface area contributed by atoms with Crippen LogP contribution in [-0.4, -0.2) is 17.2 Å². The molecule has 0 aliphatic carbocycles. The topological polar surface area (TPSA) is 61.7 Å². The molecule has 0 fully saturated rings. The van der Waals surface area contributed by atoms with Crippen LogP contribution in [0.2, 0.25) is 10.0 Å². The second kappa shape index (κ2) is 6.41. The Morgan fingerprint density at radius 2 is 1.95 bits per heavy atom. The van der Waals surface area contributed by atoms with Crippen molar-refractivity contribution in [2.45, 2.75) is 0 Å². The first-order valence-electron chi connectivity index (χ1n) is 5.64. The summed E-state index contributed by atoms with van der Waals surface area (Å²) in [4.78, 5) is 11.8. The van der Waals surface area contributed by atoms with E-state index >= 15 is 0 Å². The first-order chi connectivity index (χ1) is 9.58. The van der Waals surface area contributed by atoms with Crippen molar-refractivity contribution in [3.05, 3.63) is 63.6 Å². The second-order valence-corrected chi connectivity index (χ2v) is 4.73. The van der Waals surface area contributed by atoms with E-state index in [-0.39, 0.29) is 11.3 Å². The largest absolute Gasteiger partial charge is 0.507 e. The Labute approximate surface area is 125 Å². The van der Waals surface area contributed by atoms with Gasteiger partial charge in [-0.05, 0) is 24.3 Å². The van der Waals surface area contributed by atoms with E-state index in [4.69, 9.17) is 23.2 Å². The number of amides is 1. The highest BCUT2D eigenvalue weighted by Gasteiger charge is 2.10. The average Bonchev–Trinajstić information content (AvgIpc) is 2.43. The van der Waals surface area contributed by atoms with Crippen LogP contribution in [0.1, 0.15) is 15.9 Å². The van der Waals surface area contributed by atoms with Crippen LogP contribution in [0.5, 0.6) is 5.75 Å². The van der Waals surface area contributed by atoms with Crippen molar-refractivity contribution in [1.82, 2.24) is 5.43 Å². The Kier molecular flexibility index (Phi) is 4.61. The SMILES string of the molecule is O=C(N/N=C\c1ccccc1Cl)c1cc(Cl)ccc1O. The number of benzene rings is 2. The zero-order valence-electron chi connectivity index (χ0n) is 10.2. The predicted octanol–water partition coefficient (Wildman–Crippen LogP) is 3.46. The van der Waals surface area contributed by atoms with Crippen molar-refractivity contribution in [2.75, 3.05) is 0 Å². The second-order valence-electron chi connectivity index (χ2n) is 3.88. The van der Waals surface area contributed by atoms with E-state index in [0.29, 0.717) is 15.6 Å². The van der Waals surface area contributed by atoms with Crippen LogP contribution in [0.15, 0.2) is 47.6 Å². The minimum atomic E-state index is -0.562. The number of hydrogen-bond donors (Lipinski definition) is 2. The van der Waals surface area contributed by atoms with Crippen LogP contribution in [0, 0.1) is 0 Å². The maximum Gasteiger partial charge on any atom is 0.275 e. The number of halogens is 2. The Balaban J connectivity index is 2.09. The summed E-state index contributed by atoms with van der Waals surface area (Å²) in [7, 11) is 0. The molecule has 0 atom stereocenters. The molecule has 2 rings (SSSR count). The van der Waals surface area contributed by atoms with Crippen LogP contribution < -0.4 is 5.43 Å². The van der Waals surface area contributed by atoms with E-state index in [9.17, 15) is 9.90 Å². The third-order valence-corrected chi connectivity index (χ3v) is 3.06. The number of carbonyl (C=O) groups excluding carboxylic acids is 1. The summed E-state index contributed by atoms with van der Waals surface area (Å²) in [6, 6.07) is 11.3. The van der Waals surface area contributed by atoms with Crippen LogP contribution >= 0.6 is 23.2 Å². The molecule has 2 aromatic rings. The van der Waals surface area contributed by atoms with Crippen LogP contribution in [0.4, 0.5) is 0 Å². The molecule has 6 heteroatoms. The minimum Gasteiger partial charge on any atom is -0.507 e. The number of phenols is 1. The average molecular weight is 309 g/mol. The van der Waals surface area contributed by atoms with Gasteiger partial charge in [0.2, 0.25) is 0 Å². The Morgan fingerprint density at radius 3 is 2.70 bits per heavy atom. The summed E-state index contributed by atoms with van der Waals surface area (Å²) in [5.74, 6) is -0.729. The van der Waals surface area contributed by atoms with Crippen molar-refractivity contribution in [2.24, 2.45) is 5.10 Å². The van der Waals surface area contributed by atoms with Gasteiger partial charge in [-0.3, -0.25) is 4.79 Å². The Bertz CT molecular complexity index is 672. The number of nitrogens with zero attached hydrogens (tertiary/aromatic N) is 1. The first-order valence-corrected chi connectivity index (χ1v) is 6.40. The van der Waals surface area contributed by atoms with Gasteiger partial charge in [-0.2, -0.15) is 5.10 Å². The highest BCUT2D eigenvalue weighted by Crippen LogP contribution is 2.21. The normalized spacial score (nSPS) is 10.7. The predicted molar refractivity (Wildman–Crippen MR) is 79.6 cm³/mol. The standard InChI is InChI=1S/C14H10Cl2N2O2/c15-10-5-6-13(19)11(7-10)14(20)18-17-8-9-3-1-2-4-12(9)16/h1-8,19H,(H,18,20)/b17-8-. The summed E-state index contributed by atoms with van der Waals surface area (Å²) < 4.78 is 0. The number of phenolic OH excluding ortho intramolecular Hbond substituents is 1. The first kappa shape index (κ1) is 14.4. The number of nitrogens with one attached hydrogen (secondary N) is 1. The van der Waals surface area contributed by atoms with Crippen molar-refractivity contribution < 1.29 is 9.90 Å². The maximum absolute atomic E-state index is 11.8. The highest BCUT2D eigenvalue weighted by molar-refractivity contribution is 6.33. The molecule has 2 aromatic carbocycles. The van der Waals surface area contributed by atoms with Gasteiger partial charge in [0, 0.05) is 15.6 Å². The van der Waals surface area contributed by atoms with Crippen molar-refractivity contribution in [3.8, 4) is 5.75 Å². The lowest BCUT2D eigenvalue weighted by Crippen LogP contribution is -2.17. The number of aromatic hydroxyl groups is 1. The van der Waals surface area contributed by atoms with Crippen molar-refractivity contribution >= 4 is 35.3 Å². The van der Waals surface area contributed by atoms with Gasteiger partial charge in [0.1, 0.15) is 5.75 Å². The fraction of sp³-hybridized carbons (Fsp3) is 0. The Hall–Kier alpha value is -2.04. The van der Waals surface area contributed by atoms with Gasteiger partial charge in [-0.15, -0.1) is 0 Å². The quantitative estimate of drug-likeness (QED) is 0.674. The van der Waals surface area contributed by atoms with Crippen LogP contribution in [-0.2, 0) is 0 Å². The molecule has 102 valence electrons. The lowest BCUT2D eigenvalue weighted by atomic mass is 10.2. The zero-order chi connectivity index (χ0) is 14.5. The Morgan fingerprint density at radius 1 is 1.20 bits per heavy atom. The summed E-state index contributed by atoms with van der Waals surface area (Å²) in [6.07, 6.45) is 1.42. The fourth-order valence-electron chi connectivity index (χ4n) is 1.49. The number of carbonyl (C=O) groups is 1. The smallest absolute Gasteiger partial charge is 0.275 e. The monoisotopic (exact) mass is 308 g/mol. The number of hydrazone groups is 1. The molecule has 4 nitrogen and oxygen atoms in total. The van der Waals surface area contributed by atoms with E-state index in [1.165, 1.54) is 24.4 Å². The molecule has 0 saturated heterocycles. The molecular formula is C14H10Cl2N2O2.